The summed E-state index contributed by atoms with van der Waals surface area (Å²) in [5.74, 6) is 0.365. The van der Waals surface area contributed by atoms with E-state index >= 15 is 0 Å². The van der Waals surface area contributed by atoms with Crippen LogP contribution in [0.1, 0.15) is 24.0 Å². The van der Waals surface area contributed by atoms with Gasteiger partial charge >= 0.3 is 0 Å². The zero-order chi connectivity index (χ0) is 31.1. The van der Waals surface area contributed by atoms with Gasteiger partial charge in [-0.2, -0.15) is 19.6 Å². The molecule has 0 radical (unpaired) electrons. The first-order valence-corrected chi connectivity index (χ1v) is 16.7. The monoisotopic (exact) mass is 629 g/mol. The van der Waals surface area contributed by atoms with E-state index in [4.69, 9.17) is 10.2 Å². The number of likely N-dealkylation sites (N-methyl/N-ethyl adjacent to an activating group) is 1. The Bertz CT molecular complexity index is 1840. The normalized spacial score (nSPS) is 20.9. The van der Waals surface area contributed by atoms with Crippen molar-refractivity contribution in [1.82, 2.24) is 38.5 Å². The molecule has 1 aromatic carbocycles. The lowest BCUT2D eigenvalue weighted by Gasteiger charge is -2.41. The van der Waals surface area contributed by atoms with Gasteiger partial charge in [-0.1, -0.05) is 12.1 Å². The Balaban J connectivity index is 1.03. The fourth-order valence-corrected chi connectivity index (χ4v) is 8.62. The SMILES string of the molecule is CN1CCN(C(=O)Cn2cc(Nc3nc4c(N5CC6CCC(C5)N6S(=O)(=O)Cc5ccc(C#N)cc5)cccn4n3)cn2)CC1. The van der Waals surface area contributed by atoms with Crippen LogP contribution in [-0.4, -0.2) is 111 Å². The summed E-state index contributed by atoms with van der Waals surface area (Å²) in [7, 11) is -1.48. The van der Waals surface area contributed by atoms with Crippen molar-refractivity contribution in [3.63, 3.8) is 0 Å². The Morgan fingerprint density at radius 3 is 2.51 bits per heavy atom. The second-order valence-corrected chi connectivity index (χ2v) is 13.9. The smallest absolute Gasteiger partial charge is 0.247 e. The Hall–Kier alpha value is -4.52. The van der Waals surface area contributed by atoms with Crippen LogP contribution in [0.4, 0.5) is 17.3 Å². The van der Waals surface area contributed by atoms with Crippen molar-refractivity contribution in [1.29, 1.82) is 5.26 Å². The van der Waals surface area contributed by atoms with Crippen LogP contribution in [0.25, 0.3) is 5.65 Å². The summed E-state index contributed by atoms with van der Waals surface area (Å²) in [5.41, 5.74) is 3.43. The van der Waals surface area contributed by atoms with Crippen molar-refractivity contribution in [2.24, 2.45) is 0 Å². The zero-order valence-corrected chi connectivity index (χ0v) is 25.8. The molecule has 3 saturated heterocycles. The number of nitrogens with zero attached hydrogens (tertiary/aromatic N) is 10. The molecule has 1 N–H and O–H groups in total. The lowest BCUT2D eigenvalue weighted by Crippen LogP contribution is -2.56. The predicted molar refractivity (Wildman–Crippen MR) is 167 cm³/mol. The number of carbonyl (C=O) groups excluding carboxylic acids is 1. The van der Waals surface area contributed by atoms with E-state index in [-0.39, 0.29) is 30.3 Å². The molecule has 6 heterocycles. The summed E-state index contributed by atoms with van der Waals surface area (Å²) in [4.78, 5) is 23.8. The Morgan fingerprint density at radius 2 is 1.80 bits per heavy atom. The summed E-state index contributed by atoms with van der Waals surface area (Å²) >= 11 is 0. The van der Waals surface area contributed by atoms with Gasteiger partial charge in [0.05, 0.1) is 35.0 Å². The maximum Gasteiger partial charge on any atom is 0.247 e. The highest BCUT2D eigenvalue weighted by atomic mass is 32.2. The molecule has 3 fully saturated rings. The number of anilines is 3. The van der Waals surface area contributed by atoms with E-state index in [0.717, 1.165) is 44.7 Å². The average molecular weight is 630 g/mol. The van der Waals surface area contributed by atoms with Crippen molar-refractivity contribution in [2.75, 3.05) is 56.5 Å². The molecule has 0 saturated carbocycles. The number of nitrogens with one attached hydrogen (secondary N) is 1. The molecule has 15 heteroatoms. The molecular formula is C30H35N11O3S. The van der Waals surface area contributed by atoms with E-state index < -0.39 is 10.0 Å². The molecule has 234 valence electrons. The number of fused-ring (bicyclic) bond motifs is 3. The Morgan fingerprint density at radius 1 is 1.07 bits per heavy atom. The number of nitriles is 1. The first kappa shape index (κ1) is 29.2. The third-order valence-corrected chi connectivity index (χ3v) is 10.8. The van der Waals surface area contributed by atoms with Crippen LogP contribution >= 0.6 is 0 Å². The van der Waals surface area contributed by atoms with Crippen LogP contribution in [0.3, 0.4) is 0 Å². The van der Waals surface area contributed by atoms with E-state index in [1.165, 1.54) is 0 Å². The number of carbonyl (C=O) groups is 1. The molecule has 2 unspecified atom stereocenters. The molecule has 7 rings (SSSR count). The molecule has 4 aromatic rings. The quantitative estimate of drug-likeness (QED) is 0.304. The average Bonchev–Trinajstić information content (AvgIpc) is 3.73. The maximum atomic E-state index is 13.5. The molecule has 45 heavy (non-hydrogen) atoms. The first-order chi connectivity index (χ1) is 21.8. The van der Waals surface area contributed by atoms with Gasteiger partial charge in [0.15, 0.2) is 5.65 Å². The second-order valence-electron chi connectivity index (χ2n) is 12.0. The molecule has 1 amide bonds. The molecule has 3 aromatic heterocycles. The van der Waals surface area contributed by atoms with Gasteiger partial charge in [0.2, 0.25) is 21.9 Å². The van der Waals surface area contributed by atoms with Crippen LogP contribution in [0, 0.1) is 11.3 Å². The number of hydrogen-bond acceptors (Lipinski definition) is 10. The zero-order valence-electron chi connectivity index (χ0n) is 25.0. The van der Waals surface area contributed by atoms with Gasteiger partial charge in [0.1, 0.15) is 6.54 Å². The summed E-state index contributed by atoms with van der Waals surface area (Å²) in [6.45, 7) is 4.48. The molecule has 0 aliphatic carbocycles. The largest absolute Gasteiger partial charge is 0.365 e. The highest BCUT2D eigenvalue weighted by Gasteiger charge is 2.46. The van der Waals surface area contributed by atoms with Crippen molar-refractivity contribution < 1.29 is 13.2 Å². The Kier molecular flexibility index (Phi) is 7.64. The summed E-state index contributed by atoms with van der Waals surface area (Å²) in [5, 5.41) is 21.2. The maximum absolute atomic E-state index is 13.5. The summed E-state index contributed by atoms with van der Waals surface area (Å²) < 4.78 is 32.1. The van der Waals surface area contributed by atoms with E-state index in [1.54, 1.807) is 50.2 Å². The minimum Gasteiger partial charge on any atom is -0.365 e. The van der Waals surface area contributed by atoms with Gasteiger partial charge in [-0.3, -0.25) is 9.48 Å². The minimum absolute atomic E-state index is 0.0457. The third-order valence-electron chi connectivity index (χ3n) is 8.89. The molecule has 3 aliphatic heterocycles. The van der Waals surface area contributed by atoms with Crippen LogP contribution in [0.5, 0.6) is 0 Å². The summed E-state index contributed by atoms with van der Waals surface area (Å²) in [6, 6.07) is 12.5. The molecule has 0 spiro atoms. The first-order valence-electron chi connectivity index (χ1n) is 15.1. The van der Waals surface area contributed by atoms with Crippen LogP contribution < -0.4 is 10.2 Å². The number of aromatic nitrogens is 5. The molecule has 2 atom stereocenters. The number of benzene rings is 1. The predicted octanol–water partition coefficient (Wildman–Crippen LogP) is 1.50. The van der Waals surface area contributed by atoms with Crippen molar-refractivity contribution in [3.05, 3.63) is 66.1 Å². The number of sulfonamides is 1. The topological polar surface area (TPSA) is 148 Å². The van der Waals surface area contributed by atoms with Gasteiger partial charge in [-0.15, -0.1) is 5.10 Å². The fourth-order valence-electron chi connectivity index (χ4n) is 6.61. The van der Waals surface area contributed by atoms with E-state index in [1.807, 2.05) is 23.2 Å². The lowest BCUT2D eigenvalue weighted by molar-refractivity contribution is -0.133. The van der Waals surface area contributed by atoms with E-state index in [2.05, 4.69) is 38.4 Å². The van der Waals surface area contributed by atoms with Gasteiger partial charge in [-0.25, -0.2) is 12.9 Å². The van der Waals surface area contributed by atoms with Crippen molar-refractivity contribution in [2.45, 2.75) is 37.2 Å². The molecular weight excluding hydrogens is 594 g/mol. The fraction of sp³-hybridized carbons (Fsp3) is 0.433. The number of pyridine rings is 1. The molecule has 2 bridgehead atoms. The molecule has 3 aliphatic rings. The number of amides is 1. The minimum atomic E-state index is -3.54. The van der Waals surface area contributed by atoms with Crippen LogP contribution in [0.15, 0.2) is 55.0 Å². The van der Waals surface area contributed by atoms with Gasteiger partial charge < -0.3 is 20.0 Å². The summed E-state index contributed by atoms with van der Waals surface area (Å²) in [6.07, 6.45) is 6.87. The second kappa shape index (κ2) is 11.8. The number of rotatable bonds is 8. The standard InChI is InChI=1S/C30H35N11O3S/c1-36-11-13-37(14-12-36)28(42)20-39-17-24(16-32-39)33-30-34-29-27(3-2-10-40(29)35-30)38-18-25-8-9-26(19-38)41(25)45(43,44)21-23-6-4-22(15-31)5-7-23/h2-7,10,16-17,25-26H,8-9,11-14,18-21H2,1H3,(H,33,35). The third kappa shape index (κ3) is 5.96. The Labute approximate surface area is 261 Å². The van der Waals surface area contributed by atoms with E-state index in [0.29, 0.717) is 41.5 Å². The van der Waals surface area contributed by atoms with E-state index in [9.17, 15) is 13.2 Å². The number of hydrogen-bond donors (Lipinski definition) is 1. The van der Waals surface area contributed by atoms with Gasteiger partial charge in [0, 0.05) is 63.7 Å². The van der Waals surface area contributed by atoms with Gasteiger partial charge in [0.25, 0.3) is 0 Å². The molecule has 14 nitrogen and oxygen atoms in total. The van der Waals surface area contributed by atoms with Crippen LogP contribution in [0.2, 0.25) is 0 Å². The number of piperazine rings is 2. The highest BCUT2D eigenvalue weighted by molar-refractivity contribution is 7.88. The highest BCUT2D eigenvalue weighted by Crippen LogP contribution is 2.37. The van der Waals surface area contributed by atoms with Crippen LogP contribution in [-0.2, 0) is 27.1 Å². The van der Waals surface area contributed by atoms with Gasteiger partial charge in [-0.05, 0) is 49.7 Å². The lowest BCUT2D eigenvalue weighted by atomic mass is 10.2. The van der Waals surface area contributed by atoms with Crippen molar-refractivity contribution >= 4 is 38.9 Å². The van der Waals surface area contributed by atoms with Crippen molar-refractivity contribution in [3.8, 4) is 6.07 Å².